The summed E-state index contributed by atoms with van der Waals surface area (Å²) in [5, 5.41) is -1.33. The molecule has 0 fully saturated rings. The van der Waals surface area contributed by atoms with Crippen molar-refractivity contribution in [1.82, 2.24) is 0 Å². The molecule has 0 bridgehead atoms. The van der Waals surface area contributed by atoms with Gasteiger partial charge >= 0.3 is 5.25 Å². The number of halogens is 2. The molecule has 6 heteroatoms. The van der Waals surface area contributed by atoms with E-state index in [1.807, 2.05) is 0 Å². The van der Waals surface area contributed by atoms with E-state index in [0.717, 1.165) is 34.9 Å². The van der Waals surface area contributed by atoms with Crippen molar-refractivity contribution in [1.29, 1.82) is 0 Å². The van der Waals surface area contributed by atoms with Gasteiger partial charge in [-0.25, -0.2) is 8.42 Å². The van der Waals surface area contributed by atoms with Gasteiger partial charge in [0.15, 0.2) is 0 Å². The van der Waals surface area contributed by atoms with Gasteiger partial charge in [-0.15, -0.1) is 0 Å². The van der Waals surface area contributed by atoms with E-state index in [9.17, 15) is 17.2 Å². The van der Waals surface area contributed by atoms with Gasteiger partial charge < -0.3 is 0 Å². The number of sulfone groups is 1. The van der Waals surface area contributed by atoms with Crippen molar-refractivity contribution in [2.75, 3.05) is 0 Å². The van der Waals surface area contributed by atoms with E-state index in [1.54, 1.807) is 6.07 Å². The number of hydrogen-bond acceptors (Lipinski definition) is 3. The molecule has 17 heavy (non-hydrogen) atoms. The highest BCUT2D eigenvalue weighted by Crippen LogP contribution is 2.39. The zero-order chi connectivity index (χ0) is 12.5. The van der Waals surface area contributed by atoms with Crippen LogP contribution in [0.3, 0.4) is 0 Å². The molecule has 0 saturated heterocycles. The van der Waals surface area contributed by atoms with Crippen molar-refractivity contribution in [3.05, 3.63) is 52.7 Å². The highest BCUT2D eigenvalue weighted by molar-refractivity contribution is 7.92. The molecule has 2 aromatic rings. The van der Waals surface area contributed by atoms with Crippen molar-refractivity contribution in [3.8, 4) is 0 Å². The van der Waals surface area contributed by atoms with E-state index < -0.39 is 20.7 Å². The first-order chi connectivity index (χ1) is 7.96. The summed E-state index contributed by atoms with van der Waals surface area (Å²) < 4.78 is 51.4. The van der Waals surface area contributed by atoms with Gasteiger partial charge in [0, 0.05) is 10.9 Å². The zero-order valence-electron chi connectivity index (χ0n) is 8.51. The maximum Gasteiger partial charge on any atom is 0.375 e. The fourth-order valence-corrected chi connectivity index (χ4v) is 3.33. The molecule has 0 N–H and O–H groups in total. The first-order valence-electron chi connectivity index (χ1n) is 4.66. The predicted molar refractivity (Wildman–Crippen MR) is 61.8 cm³/mol. The summed E-state index contributed by atoms with van der Waals surface area (Å²) in [4.78, 5) is -0.379. The third kappa shape index (κ3) is 1.98. The fourth-order valence-electron chi connectivity index (χ4n) is 1.33. The monoisotopic (exact) mass is 274 g/mol. The van der Waals surface area contributed by atoms with Crippen molar-refractivity contribution in [3.63, 3.8) is 0 Å². The topological polar surface area (TPSA) is 34.1 Å². The van der Waals surface area contributed by atoms with Gasteiger partial charge in [0.05, 0.1) is 4.90 Å². The minimum atomic E-state index is -4.69. The Hall–Kier alpha value is -1.27. The minimum absolute atomic E-state index is 0.379. The second-order valence-electron chi connectivity index (χ2n) is 3.35. The second-order valence-corrected chi connectivity index (χ2v) is 6.12. The summed E-state index contributed by atoms with van der Waals surface area (Å²) in [6.07, 6.45) is 0. The average molecular weight is 274 g/mol. The molecular formula is C11H8F2O2S2. The van der Waals surface area contributed by atoms with Gasteiger partial charge in [0.25, 0.3) is 0 Å². The van der Waals surface area contributed by atoms with Crippen LogP contribution in [0.15, 0.2) is 52.1 Å². The normalized spacial score (nSPS) is 12.6. The first-order valence-corrected chi connectivity index (χ1v) is 7.09. The quantitative estimate of drug-likeness (QED) is 0.860. The van der Waals surface area contributed by atoms with Gasteiger partial charge in [-0.1, -0.05) is 18.2 Å². The number of rotatable bonds is 3. The van der Waals surface area contributed by atoms with E-state index >= 15 is 0 Å². The van der Waals surface area contributed by atoms with Crippen molar-refractivity contribution < 1.29 is 17.2 Å². The Morgan fingerprint density at radius 1 is 1.06 bits per heavy atom. The van der Waals surface area contributed by atoms with E-state index in [-0.39, 0.29) is 4.90 Å². The van der Waals surface area contributed by atoms with Crippen LogP contribution in [0.1, 0.15) is 5.56 Å². The minimum Gasteiger partial charge on any atom is -0.217 e. The van der Waals surface area contributed by atoms with E-state index in [0.29, 0.717) is 0 Å². The SMILES string of the molecule is O=S(=O)(c1ccccc1)C(F)(F)c1ccsc1. The molecule has 90 valence electrons. The fraction of sp³-hybridized carbons (Fsp3) is 0.0909. The molecule has 0 aliphatic carbocycles. The molecule has 0 aliphatic heterocycles. The van der Waals surface area contributed by atoms with Crippen molar-refractivity contribution in [2.45, 2.75) is 10.2 Å². The van der Waals surface area contributed by atoms with Crippen LogP contribution in [0.4, 0.5) is 8.78 Å². The predicted octanol–water partition coefficient (Wildman–Crippen LogP) is 3.27. The van der Waals surface area contributed by atoms with Gasteiger partial charge in [-0.2, -0.15) is 20.1 Å². The Kier molecular flexibility index (Phi) is 3.01. The number of thiophene rings is 1. The molecule has 1 aromatic heterocycles. The van der Waals surface area contributed by atoms with Crippen LogP contribution in [0, 0.1) is 0 Å². The van der Waals surface area contributed by atoms with Gasteiger partial charge in [-0.05, 0) is 23.6 Å². The molecule has 0 spiro atoms. The smallest absolute Gasteiger partial charge is 0.217 e. The molecular weight excluding hydrogens is 266 g/mol. The van der Waals surface area contributed by atoms with Crippen LogP contribution >= 0.6 is 11.3 Å². The first kappa shape index (κ1) is 12.2. The van der Waals surface area contributed by atoms with Gasteiger partial charge in [0.2, 0.25) is 9.84 Å². The maximum absolute atomic E-state index is 13.9. The lowest BCUT2D eigenvalue weighted by Crippen LogP contribution is -2.25. The summed E-state index contributed by atoms with van der Waals surface area (Å²) in [6.45, 7) is 0. The summed E-state index contributed by atoms with van der Waals surface area (Å²) in [6, 6.07) is 7.84. The van der Waals surface area contributed by atoms with Crippen molar-refractivity contribution in [2.24, 2.45) is 0 Å². The molecule has 0 atom stereocenters. The lowest BCUT2D eigenvalue weighted by Gasteiger charge is -2.15. The summed E-state index contributed by atoms with van der Waals surface area (Å²) in [5.41, 5.74) is -0.494. The third-order valence-corrected chi connectivity index (χ3v) is 4.73. The lowest BCUT2D eigenvalue weighted by atomic mass is 10.3. The molecule has 0 aliphatic rings. The van der Waals surface area contributed by atoms with Crippen LogP contribution in [0.25, 0.3) is 0 Å². The molecule has 1 heterocycles. The average Bonchev–Trinajstić information content (AvgIpc) is 2.84. The van der Waals surface area contributed by atoms with Crippen LogP contribution in [0.5, 0.6) is 0 Å². The second kappa shape index (κ2) is 4.19. The zero-order valence-corrected chi connectivity index (χ0v) is 10.1. The summed E-state index contributed by atoms with van der Waals surface area (Å²) >= 11 is 1.03. The Morgan fingerprint density at radius 2 is 1.71 bits per heavy atom. The van der Waals surface area contributed by atoms with Crippen LogP contribution < -0.4 is 0 Å². The number of benzene rings is 1. The Balaban J connectivity index is 2.54. The molecule has 0 radical (unpaired) electrons. The van der Waals surface area contributed by atoms with Crippen LogP contribution in [0.2, 0.25) is 0 Å². The Bertz CT molecular complexity index is 590. The third-order valence-electron chi connectivity index (χ3n) is 2.25. The lowest BCUT2D eigenvalue weighted by molar-refractivity contribution is 0.0911. The molecule has 0 saturated carbocycles. The largest absolute Gasteiger partial charge is 0.375 e. The summed E-state index contributed by atoms with van der Waals surface area (Å²) in [7, 11) is -4.69. The molecule has 2 nitrogen and oxygen atoms in total. The number of hydrogen-bond donors (Lipinski definition) is 0. The maximum atomic E-state index is 13.9. The molecule has 0 unspecified atom stereocenters. The van der Waals surface area contributed by atoms with Crippen LogP contribution in [-0.4, -0.2) is 8.42 Å². The Morgan fingerprint density at radius 3 is 2.24 bits per heavy atom. The Labute approximate surface area is 101 Å². The highest BCUT2D eigenvalue weighted by Gasteiger charge is 2.47. The molecule has 1 aromatic carbocycles. The molecule has 0 amide bonds. The molecule has 2 rings (SSSR count). The van der Waals surface area contributed by atoms with E-state index in [1.165, 1.54) is 17.5 Å². The number of alkyl halides is 2. The van der Waals surface area contributed by atoms with Crippen LogP contribution in [-0.2, 0) is 15.1 Å². The van der Waals surface area contributed by atoms with Gasteiger partial charge in [0.1, 0.15) is 0 Å². The van der Waals surface area contributed by atoms with Crippen molar-refractivity contribution >= 4 is 21.2 Å². The summed E-state index contributed by atoms with van der Waals surface area (Å²) in [5.74, 6) is 0. The van der Waals surface area contributed by atoms with E-state index in [4.69, 9.17) is 0 Å². The standard InChI is InChI=1S/C11H8F2O2S2/c12-11(13,9-6-7-16-8-9)17(14,15)10-4-2-1-3-5-10/h1-8H. The van der Waals surface area contributed by atoms with E-state index in [2.05, 4.69) is 0 Å². The van der Waals surface area contributed by atoms with Gasteiger partial charge in [-0.3, -0.25) is 0 Å². The highest BCUT2D eigenvalue weighted by atomic mass is 32.2.